The van der Waals surface area contributed by atoms with Gasteiger partial charge in [-0.2, -0.15) is 5.10 Å². The van der Waals surface area contributed by atoms with E-state index >= 15 is 0 Å². The first-order chi connectivity index (χ1) is 14.5. The molecule has 3 aromatic rings. The SMILES string of the molecule is O=C(N/N=C\c1ccccc1OCc1ccccc1)C(=O)Nc1cc(Cl)ccc1Cl. The van der Waals surface area contributed by atoms with Crippen LogP contribution in [0.15, 0.2) is 77.9 Å². The van der Waals surface area contributed by atoms with E-state index in [9.17, 15) is 9.59 Å². The number of nitrogens with one attached hydrogen (secondary N) is 2. The molecule has 0 saturated heterocycles. The van der Waals surface area contributed by atoms with Crippen LogP contribution in [0.4, 0.5) is 5.69 Å². The Morgan fingerprint density at radius 1 is 0.933 bits per heavy atom. The fourth-order valence-corrected chi connectivity index (χ4v) is 2.77. The number of hydrogen-bond acceptors (Lipinski definition) is 4. The van der Waals surface area contributed by atoms with Crippen LogP contribution in [0.3, 0.4) is 0 Å². The number of carbonyl (C=O) groups excluding carboxylic acids is 2. The Hall–Kier alpha value is -3.35. The molecule has 3 rings (SSSR count). The first-order valence-electron chi connectivity index (χ1n) is 8.88. The number of nitrogens with zero attached hydrogens (tertiary/aromatic N) is 1. The van der Waals surface area contributed by atoms with Gasteiger partial charge in [0.05, 0.1) is 16.9 Å². The lowest BCUT2D eigenvalue weighted by Gasteiger charge is -2.09. The van der Waals surface area contributed by atoms with Crippen LogP contribution in [-0.4, -0.2) is 18.0 Å². The van der Waals surface area contributed by atoms with Gasteiger partial charge in [-0.15, -0.1) is 0 Å². The molecule has 0 spiro atoms. The average Bonchev–Trinajstić information content (AvgIpc) is 2.76. The maximum atomic E-state index is 12.0. The van der Waals surface area contributed by atoms with E-state index in [0.717, 1.165) is 5.56 Å². The van der Waals surface area contributed by atoms with E-state index in [4.69, 9.17) is 27.9 Å². The molecule has 0 aliphatic heterocycles. The van der Waals surface area contributed by atoms with Crippen molar-refractivity contribution in [2.75, 3.05) is 5.32 Å². The van der Waals surface area contributed by atoms with Gasteiger partial charge in [0.2, 0.25) is 0 Å². The Morgan fingerprint density at radius 2 is 1.67 bits per heavy atom. The lowest BCUT2D eigenvalue weighted by molar-refractivity contribution is -0.136. The van der Waals surface area contributed by atoms with Crippen molar-refractivity contribution >= 4 is 46.9 Å². The van der Waals surface area contributed by atoms with Gasteiger partial charge in [-0.3, -0.25) is 9.59 Å². The van der Waals surface area contributed by atoms with Crippen molar-refractivity contribution in [2.24, 2.45) is 5.10 Å². The minimum absolute atomic E-state index is 0.230. The number of para-hydroxylation sites is 1. The Balaban J connectivity index is 1.58. The summed E-state index contributed by atoms with van der Waals surface area (Å²) in [6.07, 6.45) is 1.40. The van der Waals surface area contributed by atoms with Crippen LogP contribution >= 0.6 is 23.2 Å². The lowest BCUT2D eigenvalue weighted by Crippen LogP contribution is -2.32. The van der Waals surface area contributed by atoms with E-state index in [1.54, 1.807) is 18.2 Å². The third-order valence-corrected chi connectivity index (χ3v) is 4.47. The van der Waals surface area contributed by atoms with E-state index in [2.05, 4.69) is 15.8 Å². The average molecular weight is 442 g/mol. The Kier molecular flexibility index (Phi) is 7.43. The third-order valence-electron chi connectivity index (χ3n) is 3.91. The monoisotopic (exact) mass is 441 g/mol. The molecule has 0 aliphatic rings. The molecule has 152 valence electrons. The molecule has 2 N–H and O–H groups in total. The molecular formula is C22H17Cl2N3O3. The molecule has 2 amide bonds. The number of amides is 2. The van der Waals surface area contributed by atoms with Gasteiger partial charge in [-0.1, -0.05) is 65.7 Å². The van der Waals surface area contributed by atoms with Crippen LogP contribution in [0, 0.1) is 0 Å². The van der Waals surface area contributed by atoms with Gasteiger partial charge in [-0.25, -0.2) is 5.43 Å². The number of anilines is 1. The van der Waals surface area contributed by atoms with Crippen LogP contribution < -0.4 is 15.5 Å². The summed E-state index contributed by atoms with van der Waals surface area (Å²) in [6, 6.07) is 21.5. The van der Waals surface area contributed by atoms with Crippen molar-refractivity contribution in [3.63, 3.8) is 0 Å². The normalized spacial score (nSPS) is 10.6. The fourth-order valence-electron chi connectivity index (χ4n) is 2.44. The molecule has 0 atom stereocenters. The van der Waals surface area contributed by atoms with E-state index in [0.29, 0.717) is 22.9 Å². The zero-order valence-electron chi connectivity index (χ0n) is 15.6. The van der Waals surface area contributed by atoms with Crippen molar-refractivity contribution in [3.05, 3.63) is 94.0 Å². The summed E-state index contributed by atoms with van der Waals surface area (Å²) in [4.78, 5) is 24.0. The lowest BCUT2D eigenvalue weighted by atomic mass is 10.2. The second kappa shape index (κ2) is 10.4. The minimum atomic E-state index is -0.954. The number of halogens is 2. The van der Waals surface area contributed by atoms with E-state index < -0.39 is 11.8 Å². The topological polar surface area (TPSA) is 79.8 Å². The summed E-state index contributed by atoms with van der Waals surface area (Å²) in [5, 5.41) is 6.85. The smallest absolute Gasteiger partial charge is 0.329 e. The number of rotatable bonds is 6. The van der Waals surface area contributed by atoms with Crippen molar-refractivity contribution in [2.45, 2.75) is 6.61 Å². The summed E-state index contributed by atoms with van der Waals surface area (Å²) in [6.45, 7) is 0.390. The quantitative estimate of drug-likeness (QED) is 0.331. The van der Waals surface area contributed by atoms with Crippen LogP contribution in [0.25, 0.3) is 0 Å². The summed E-state index contributed by atoms with van der Waals surface area (Å²) in [5.74, 6) is -1.29. The van der Waals surface area contributed by atoms with Gasteiger partial charge in [0.1, 0.15) is 12.4 Å². The highest BCUT2D eigenvalue weighted by molar-refractivity contribution is 6.42. The van der Waals surface area contributed by atoms with Gasteiger partial charge in [-0.05, 0) is 35.9 Å². The van der Waals surface area contributed by atoms with Crippen LogP contribution in [0.5, 0.6) is 5.75 Å². The highest BCUT2D eigenvalue weighted by atomic mass is 35.5. The van der Waals surface area contributed by atoms with Gasteiger partial charge >= 0.3 is 11.8 Å². The Labute approximate surface area is 183 Å². The van der Waals surface area contributed by atoms with Crippen LogP contribution in [0.1, 0.15) is 11.1 Å². The molecule has 0 saturated carbocycles. The highest BCUT2D eigenvalue weighted by Crippen LogP contribution is 2.25. The van der Waals surface area contributed by atoms with Crippen molar-refractivity contribution in [1.29, 1.82) is 0 Å². The third kappa shape index (κ3) is 6.07. The number of carbonyl (C=O) groups is 2. The number of hydrazone groups is 1. The zero-order valence-corrected chi connectivity index (χ0v) is 17.2. The summed E-state index contributed by atoms with van der Waals surface area (Å²) in [7, 11) is 0. The summed E-state index contributed by atoms with van der Waals surface area (Å²) < 4.78 is 5.82. The Morgan fingerprint density at radius 3 is 2.47 bits per heavy atom. The Bertz CT molecular complexity index is 1070. The molecule has 30 heavy (non-hydrogen) atoms. The molecule has 8 heteroatoms. The second-order valence-electron chi connectivity index (χ2n) is 6.09. The van der Waals surface area contributed by atoms with Gasteiger partial charge in [0.15, 0.2) is 0 Å². The largest absolute Gasteiger partial charge is 0.488 e. The van der Waals surface area contributed by atoms with E-state index in [-0.39, 0.29) is 10.7 Å². The molecule has 0 aliphatic carbocycles. The minimum Gasteiger partial charge on any atom is -0.488 e. The van der Waals surface area contributed by atoms with Crippen LogP contribution in [-0.2, 0) is 16.2 Å². The highest BCUT2D eigenvalue weighted by Gasteiger charge is 2.15. The number of hydrogen-bond donors (Lipinski definition) is 2. The standard InChI is InChI=1S/C22H17Cl2N3O3/c23-17-10-11-18(24)19(12-17)26-21(28)22(29)27-25-13-16-8-4-5-9-20(16)30-14-15-6-2-1-3-7-15/h1-13H,14H2,(H,26,28)(H,27,29)/b25-13-. The van der Waals surface area contributed by atoms with Crippen molar-refractivity contribution in [1.82, 2.24) is 5.43 Å². The maximum absolute atomic E-state index is 12.0. The van der Waals surface area contributed by atoms with E-state index in [1.807, 2.05) is 42.5 Å². The van der Waals surface area contributed by atoms with Gasteiger partial charge in [0.25, 0.3) is 0 Å². The summed E-state index contributed by atoms with van der Waals surface area (Å²) in [5.41, 5.74) is 4.07. The molecule has 0 radical (unpaired) electrons. The van der Waals surface area contributed by atoms with E-state index in [1.165, 1.54) is 18.3 Å². The molecule has 0 unspecified atom stereocenters. The first kappa shape index (κ1) is 21.4. The van der Waals surface area contributed by atoms with Crippen molar-refractivity contribution < 1.29 is 14.3 Å². The molecule has 0 bridgehead atoms. The fraction of sp³-hybridized carbons (Fsp3) is 0.0455. The second-order valence-corrected chi connectivity index (χ2v) is 6.93. The molecular weight excluding hydrogens is 425 g/mol. The number of ether oxygens (including phenoxy) is 1. The molecule has 3 aromatic carbocycles. The number of benzene rings is 3. The van der Waals surface area contributed by atoms with Gasteiger partial charge < -0.3 is 10.1 Å². The molecule has 0 heterocycles. The molecule has 0 fully saturated rings. The zero-order chi connectivity index (χ0) is 21.3. The molecule has 0 aromatic heterocycles. The van der Waals surface area contributed by atoms with Crippen LogP contribution in [0.2, 0.25) is 10.0 Å². The predicted molar refractivity (Wildman–Crippen MR) is 118 cm³/mol. The molecule has 6 nitrogen and oxygen atoms in total. The first-order valence-corrected chi connectivity index (χ1v) is 9.64. The van der Waals surface area contributed by atoms with Gasteiger partial charge in [0, 0.05) is 10.6 Å². The summed E-state index contributed by atoms with van der Waals surface area (Å²) >= 11 is 11.8. The predicted octanol–water partition coefficient (Wildman–Crippen LogP) is 4.66. The van der Waals surface area contributed by atoms with Crippen molar-refractivity contribution in [3.8, 4) is 5.75 Å². The maximum Gasteiger partial charge on any atom is 0.329 e.